The summed E-state index contributed by atoms with van der Waals surface area (Å²) in [6.45, 7) is 3.70. The number of amides is 1. The zero-order chi connectivity index (χ0) is 27.4. The quantitative estimate of drug-likeness (QED) is 0.385. The van der Waals surface area contributed by atoms with E-state index in [2.05, 4.69) is 19.9 Å². The minimum absolute atomic E-state index is 0.0257. The van der Waals surface area contributed by atoms with Gasteiger partial charge in [-0.2, -0.15) is 4.39 Å². The van der Waals surface area contributed by atoms with Crippen molar-refractivity contribution in [1.29, 1.82) is 0 Å². The van der Waals surface area contributed by atoms with Gasteiger partial charge in [0, 0.05) is 63.0 Å². The van der Waals surface area contributed by atoms with Gasteiger partial charge in [0.05, 0.1) is 32.3 Å². The molecule has 0 atom stereocenters. The predicted molar refractivity (Wildman–Crippen MR) is 142 cm³/mol. The Kier molecular flexibility index (Phi) is 8.04. The maximum Gasteiger partial charge on any atom is 0.234 e. The van der Waals surface area contributed by atoms with Gasteiger partial charge in [-0.25, -0.2) is 15.0 Å². The molecule has 9 nitrogen and oxygen atoms in total. The summed E-state index contributed by atoms with van der Waals surface area (Å²) in [5.41, 5.74) is 3.12. The van der Waals surface area contributed by atoms with E-state index >= 15 is 0 Å². The van der Waals surface area contributed by atoms with Gasteiger partial charge < -0.3 is 24.0 Å². The van der Waals surface area contributed by atoms with Gasteiger partial charge in [0.25, 0.3) is 0 Å². The molecule has 2 aliphatic heterocycles. The monoisotopic (exact) mass is 535 g/mol. The zero-order valence-corrected chi connectivity index (χ0v) is 22.6. The minimum Gasteiger partial charge on any atom is -0.481 e. The van der Waals surface area contributed by atoms with Gasteiger partial charge in [-0.05, 0) is 48.6 Å². The number of methoxy groups -OCH3 is 2. The van der Waals surface area contributed by atoms with Gasteiger partial charge >= 0.3 is 0 Å². The number of hydrogen-bond donors (Lipinski definition) is 0. The second-order valence-corrected chi connectivity index (χ2v) is 10.1. The number of carbonyl (C=O) groups excluding carboxylic acids is 1. The van der Waals surface area contributed by atoms with Gasteiger partial charge in [-0.15, -0.1) is 0 Å². The minimum atomic E-state index is -0.542. The molecule has 1 saturated heterocycles. The molecule has 3 aromatic heterocycles. The van der Waals surface area contributed by atoms with Crippen molar-refractivity contribution < 1.29 is 23.4 Å². The molecule has 5 rings (SSSR count). The highest BCUT2D eigenvalue weighted by Gasteiger charge is 2.43. The predicted octanol–water partition coefficient (Wildman–Crippen LogP) is 3.53. The Bertz CT molecular complexity index is 1230. The van der Waals surface area contributed by atoms with Crippen molar-refractivity contribution in [2.75, 3.05) is 47.4 Å². The van der Waals surface area contributed by atoms with E-state index in [0.29, 0.717) is 24.9 Å². The lowest BCUT2D eigenvalue weighted by atomic mass is 9.84. The third kappa shape index (κ3) is 5.72. The molecule has 3 aromatic rings. The molecule has 39 heavy (non-hydrogen) atoms. The van der Waals surface area contributed by atoms with E-state index < -0.39 is 11.9 Å². The number of halogens is 1. The molecule has 5 heterocycles. The fourth-order valence-electron chi connectivity index (χ4n) is 5.55. The highest BCUT2D eigenvalue weighted by Crippen LogP contribution is 2.43. The Hall–Kier alpha value is -3.63. The van der Waals surface area contributed by atoms with Crippen LogP contribution in [0.15, 0.2) is 48.9 Å². The molecule has 1 spiro atoms. The van der Waals surface area contributed by atoms with Crippen LogP contribution in [0.2, 0.25) is 0 Å². The van der Waals surface area contributed by atoms with Crippen LogP contribution in [-0.2, 0) is 21.7 Å². The van der Waals surface area contributed by atoms with Crippen LogP contribution < -0.4 is 9.47 Å². The highest BCUT2D eigenvalue weighted by molar-refractivity contribution is 5.87. The number of carbonyl (C=O) groups is 1. The third-order valence-corrected chi connectivity index (χ3v) is 7.81. The number of hydrogen-bond acceptors (Lipinski definition) is 8. The van der Waals surface area contributed by atoms with Crippen molar-refractivity contribution in [2.45, 2.75) is 37.4 Å². The third-order valence-electron chi connectivity index (χ3n) is 7.81. The maximum absolute atomic E-state index is 13.7. The largest absolute Gasteiger partial charge is 0.481 e. The molecule has 0 aromatic carbocycles. The highest BCUT2D eigenvalue weighted by atomic mass is 19.1. The number of likely N-dealkylation sites (N-methyl/N-ethyl adjacent to an activating group) is 1. The molecule has 0 aliphatic carbocycles. The molecule has 0 unspecified atom stereocenters. The van der Waals surface area contributed by atoms with Crippen LogP contribution in [0.1, 0.15) is 47.4 Å². The lowest BCUT2D eigenvalue weighted by Gasteiger charge is -2.39. The molecule has 2 aliphatic rings. The molecule has 1 amide bonds. The number of likely N-dealkylation sites (tertiary alicyclic amines) is 1. The number of nitrogens with zero attached hydrogens (tertiary/aromatic N) is 5. The molecule has 0 N–H and O–H groups in total. The fraction of sp³-hybridized carbons (Fsp3) is 0.448. The second kappa shape index (κ2) is 11.6. The van der Waals surface area contributed by atoms with E-state index in [1.54, 1.807) is 49.8 Å². The fourth-order valence-corrected chi connectivity index (χ4v) is 5.55. The van der Waals surface area contributed by atoms with Gasteiger partial charge in [0.1, 0.15) is 0 Å². The normalized spacial score (nSPS) is 16.3. The van der Waals surface area contributed by atoms with E-state index in [1.807, 2.05) is 19.2 Å². The van der Waals surface area contributed by atoms with Gasteiger partial charge in [-0.1, -0.05) is 12.1 Å². The second-order valence-electron chi connectivity index (χ2n) is 10.1. The molecular weight excluding hydrogens is 501 g/mol. The van der Waals surface area contributed by atoms with Crippen LogP contribution in [-0.4, -0.2) is 78.1 Å². The Labute approximate surface area is 227 Å². The summed E-state index contributed by atoms with van der Waals surface area (Å²) >= 11 is 0. The van der Waals surface area contributed by atoms with Crippen molar-refractivity contribution in [3.05, 3.63) is 77.1 Å². The van der Waals surface area contributed by atoms with Crippen LogP contribution in [0.3, 0.4) is 0 Å². The first-order valence-electron chi connectivity index (χ1n) is 13.2. The number of fused-ring (bicyclic) bond motifs is 2. The van der Waals surface area contributed by atoms with Crippen molar-refractivity contribution in [1.82, 2.24) is 24.8 Å². The van der Waals surface area contributed by atoms with Crippen molar-refractivity contribution >= 4 is 5.91 Å². The lowest BCUT2D eigenvalue weighted by molar-refractivity contribution is -0.130. The Morgan fingerprint density at radius 1 is 1.05 bits per heavy atom. The van der Waals surface area contributed by atoms with Crippen LogP contribution in [0.25, 0.3) is 0 Å². The molecule has 0 saturated carbocycles. The summed E-state index contributed by atoms with van der Waals surface area (Å²) in [5, 5.41) is 0. The molecule has 0 bridgehead atoms. The van der Waals surface area contributed by atoms with E-state index in [-0.39, 0.29) is 11.5 Å². The van der Waals surface area contributed by atoms with E-state index in [9.17, 15) is 9.18 Å². The summed E-state index contributed by atoms with van der Waals surface area (Å²) < 4.78 is 30.1. The van der Waals surface area contributed by atoms with E-state index in [0.717, 1.165) is 61.2 Å². The van der Waals surface area contributed by atoms with Crippen LogP contribution in [0.5, 0.6) is 11.8 Å². The topological polar surface area (TPSA) is 89.9 Å². The summed E-state index contributed by atoms with van der Waals surface area (Å²) in [4.78, 5) is 30.4. The smallest absolute Gasteiger partial charge is 0.234 e. The summed E-state index contributed by atoms with van der Waals surface area (Å²) in [6, 6.07) is 8.73. The number of rotatable bonds is 9. The summed E-state index contributed by atoms with van der Waals surface area (Å²) in [5.74, 6) is -0.0464. The summed E-state index contributed by atoms with van der Waals surface area (Å²) in [7, 11) is 4.96. The van der Waals surface area contributed by atoms with Gasteiger partial charge in [-0.3, -0.25) is 4.79 Å². The Morgan fingerprint density at radius 3 is 2.26 bits per heavy atom. The molecule has 206 valence electrons. The zero-order valence-electron chi connectivity index (χ0n) is 22.6. The lowest BCUT2D eigenvalue weighted by Crippen LogP contribution is -2.43. The van der Waals surface area contributed by atoms with Crippen molar-refractivity contribution in [3.8, 4) is 11.8 Å². The Morgan fingerprint density at radius 2 is 1.69 bits per heavy atom. The SMILES string of the molecule is COc1ccc(C(C(=O)N(C)CCCN2CCC3(CC2)OCc2cc(F)ncc23)c2ccc(OC)nc2)cn1. The standard InChI is InChI=1S/C29H34FN5O4/c1-34(11-4-12-35-13-9-29(10-14-35)23-18-31-24(30)15-22(23)19-39-29)28(36)27(20-5-7-25(37-2)32-16-20)21-6-8-26(38-3)33-17-21/h5-8,15-18,27H,4,9-14,19H2,1-3H3. The van der Waals surface area contributed by atoms with Crippen molar-refractivity contribution in [3.63, 3.8) is 0 Å². The van der Waals surface area contributed by atoms with Crippen LogP contribution >= 0.6 is 0 Å². The van der Waals surface area contributed by atoms with E-state index in [1.165, 1.54) is 6.07 Å². The molecular formula is C29H34FN5O4. The average Bonchev–Trinajstić information content (AvgIpc) is 3.31. The van der Waals surface area contributed by atoms with Gasteiger partial charge in [0.2, 0.25) is 23.6 Å². The number of aromatic nitrogens is 3. The van der Waals surface area contributed by atoms with Crippen molar-refractivity contribution in [2.24, 2.45) is 0 Å². The average molecular weight is 536 g/mol. The molecule has 0 radical (unpaired) electrons. The summed E-state index contributed by atoms with van der Waals surface area (Å²) in [6.07, 6.45) is 7.53. The van der Waals surface area contributed by atoms with Crippen LogP contribution in [0, 0.1) is 5.95 Å². The van der Waals surface area contributed by atoms with Crippen LogP contribution in [0.4, 0.5) is 4.39 Å². The molecule has 10 heteroatoms. The first-order chi connectivity index (χ1) is 18.9. The molecule has 1 fully saturated rings. The first-order valence-corrected chi connectivity index (χ1v) is 13.2. The Balaban J connectivity index is 1.19. The number of pyridine rings is 3. The number of ether oxygens (including phenoxy) is 3. The maximum atomic E-state index is 13.7. The first kappa shape index (κ1) is 27.0. The number of piperidine rings is 1. The van der Waals surface area contributed by atoms with E-state index in [4.69, 9.17) is 14.2 Å². The van der Waals surface area contributed by atoms with Gasteiger partial charge in [0.15, 0.2) is 0 Å².